The first kappa shape index (κ1) is 17.7. The second-order valence-corrected chi connectivity index (χ2v) is 6.03. The standard InChI is InChI=1S/C20H21N3O3/c1-13-6-4-9-17(14(13)2)21-18(24)10-11-19-22-23-20(26-19)15-7-5-8-16(12-15)25-3/h4-9,12H,10-11H2,1-3H3,(H,21,24). The molecule has 6 heteroatoms. The summed E-state index contributed by atoms with van der Waals surface area (Å²) in [6, 6.07) is 13.2. The van der Waals surface area contributed by atoms with Crippen LogP contribution in [0.25, 0.3) is 11.5 Å². The van der Waals surface area contributed by atoms with Crippen molar-refractivity contribution in [3.8, 4) is 17.2 Å². The fourth-order valence-corrected chi connectivity index (χ4v) is 2.55. The Bertz CT molecular complexity index is 918. The average Bonchev–Trinajstić information content (AvgIpc) is 3.13. The highest BCUT2D eigenvalue weighted by molar-refractivity contribution is 5.91. The number of amides is 1. The van der Waals surface area contributed by atoms with Gasteiger partial charge in [0.2, 0.25) is 17.7 Å². The number of nitrogens with one attached hydrogen (secondary N) is 1. The van der Waals surface area contributed by atoms with Gasteiger partial charge in [0.1, 0.15) is 5.75 Å². The van der Waals surface area contributed by atoms with Gasteiger partial charge in [-0.1, -0.05) is 18.2 Å². The molecule has 0 saturated carbocycles. The topological polar surface area (TPSA) is 77.2 Å². The number of aryl methyl sites for hydroxylation is 2. The van der Waals surface area contributed by atoms with Crippen LogP contribution in [-0.4, -0.2) is 23.2 Å². The maximum Gasteiger partial charge on any atom is 0.247 e. The summed E-state index contributed by atoms with van der Waals surface area (Å²) in [6.07, 6.45) is 0.654. The second kappa shape index (κ2) is 7.82. The number of anilines is 1. The molecule has 0 saturated heterocycles. The minimum Gasteiger partial charge on any atom is -0.497 e. The van der Waals surface area contributed by atoms with Crippen LogP contribution in [0.1, 0.15) is 23.4 Å². The summed E-state index contributed by atoms with van der Waals surface area (Å²) in [7, 11) is 1.60. The summed E-state index contributed by atoms with van der Waals surface area (Å²) < 4.78 is 10.8. The summed E-state index contributed by atoms with van der Waals surface area (Å²) in [5.74, 6) is 1.47. The average molecular weight is 351 g/mol. The molecule has 2 aromatic carbocycles. The van der Waals surface area contributed by atoms with Gasteiger partial charge in [-0.3, -0.25) is 4.79 Å². The first-order valence-corrected chi connectivity index (χ1v) is 8.39. The molecule has 0 aliphatic rings. The van der Waals surface area contributed by atoms with Crippen LogP contribution in [0, 0.1) is 13.8 Å². The molecule has 0 spiro atoms. The third kappa shape index (κ3) is 4.08. The van der Waals surface area contributed by atoms with Crippen molar-refractivity contribution in [3.05, 3.63) is 59.5 Å². The molecule has 3 aromatic rings. The normalized spacial score (nSPS) is 10.6. The van der Waals surface area contributed by atoms with E-state index in [1.54, 1.807) is 7.11 Å². The van der Waals surface area contributed by atoms with Crippen LogP contribution in [-0.2, 0) is 11.2 Å². The summed E-state index contributed by atoms with van der Waals surface area (Å²) in [4.78, 5) is 12.2. The first-order chi connectivity index (χ1) is 12.6. The van der Waals surface area contributed by atoms with E-state index >= 15 is 0 Å². The molecule has 0 atom stereocenters. The summed E-state index contributed by atoms with van der Waals surface area (Å²) in [6.45, 7) is 4.01. The number of ether oxygens (including phenoxy) is 1. The lowest BCUT2D eigenvalue weighted by molar-refractivity contribution is -0.116. The zero-order valence-corrected chi connectivity index (χ0v) is 15.1. The Hall–Kier alpha value is -3.15. The van der Waals surface area contributed by atoms with E-state index in [9.17, 15) is 4.79 Å². The number of carbonyl (C=O) groups is 1. The van der Waals surface area contributed by atoms with Crippen LogP contribution in [0.2, 0.25) is 0 Å². The molecular weight excluding hydrogens is 330 g/mol. The molecule has 3 rings (SSSR count). The molecule has 0 fully saturated rings. The highest BCUT2D eigenvalue weighted by Crippen LogP contribution is 2.23. The van der Waals surface area contributed by atoms with E-state index < -0.39 is 0 Å². The summed E-state index contributed by atoms with van der Waals surface area (Å²) >= 11 is 0. The molecule has 0 aliphatic heterocycles. The summed E-state index contributed by atoms with van der Waals surface area (Å²) in [5.41, 5.74) is 3.82. The molecule has 26 heavy (non-hydrogen) atoms. The lowest BCUT2D eigenvalue weighted by atomic mass is 10.1. The molecule has 6 nitrogen and oxygen atoms in total. The predicted molar refractivity (Wildman–Crippen MR) is 99.2 cm³/mol. The van der Waals surface area contributed by atoms with Crippen molar-refractivity contribution in [2.24, 2.45) is 0 Å². The van der Waals surface area contributed by atoms with E-state index in [-0.39, 0.29) is 12.3 Å². The van der Waals surface area contributed by atoms with E-state index in [0.717, 1.165) is 28.1 Å². The molecule has 0 aliphatic carbocycles. The molecular formula is C20H21N3O3. The quantitative estimate of drug-likeness (QED) is 0.728. The third-order valence-electron chi connectivity index (χ3n) is 4.23. The number of nitrogens with zero attached hydrogens (tertiary/aromatic N) is 2. The van der Waals surface area contributed by atoms with Gasteiger partial charge in [-0.15, -0.1) is 10.2 Å². The summed E-state index contributed by atoms with van der Waals surface area (Å²) in [5, 5.41) is 11.0. The van der Waals surface area contributed by atoms with E-state index in [4.69, 9.17) is 9.15 Å². The second-order valence-electron chi connectivity index (χ2n) is 6.03. The number of carbonyl (C=O) groups excluding carboxylic acids is 1. The van der Waals surface area contributed by atoms with Crippen LogP contribution in [0.4, 0.5) is 5.69 Å². The molecule has 134 valence electrons. The van der Waals surface area contributed by atoms with Gasteiger partial charge in [0.25, 0.3) is 0 Å². The monoisotopic (exact) mass is 351 g/mol. The highest BCUT2D eigenvalue weighted by Gasteiger charge is 2.12. The molecule has 0 bridgehead atoms. The van der Waals surface area contributed by atoms with Crippen LogP contribution in [0.5, 0.6) is 5.75 Å². The minimum atomic E-state index is -0.0835. The third-order valence-corrected chi connectivity index (χ3v) is 4.23. The lowest BCUT2D eigenvalue weighted by Crippen LogP contribution is -2.13. The van der Waals surface area contributed by atoms with Gasteiger partial charge in [0.15, 0.2) is 0 Å². The van der Waals surface area contributed by atoms with Gasteiger partial charge in [0.05, 0.1) is 7.11 Å². The Labute approximate surface area is 152 Å². The van der Waals surface area contributed by atoms with Crippen LogP contribution >= 0.6 is 0 Å². The van der Waals surface area contributed by atoms with Gasteiger partial charge in [-0.05, 0) is 49.2 Å². The van der Waals surface area contributed by atoms with Crippen molar-refractivity contribution < 1.29 is 13.9 Å². The number of hydrogen-bond donors (Lipinski definition) is 1. The minimum absolute atomic E-state index is 0.0835. The highest BCUT2D eigenvalue weighted by atomic mass is 16.5. The molecule has 0 radical (unpaired) electrons. The Morgan fingerprint density at radius 1 is 1.15 bits per heavy atom. The van der Waals surface area contributed by atoms with Crippen molar-refractivity contribution in [3.63, 3.8) is 0 Å². The van der Waals surface area contributed by atoms with E-state index in [1.165, 1.54) is 0 Å². The lowest BCUT2D eigenvalue weighted by Gasteiger charge is -2.09. The maximum atomic E-state index is 12.2. The molecule has 0 unspecified atom stereocenters. The van der Waals surface area contributed by atoms with Crippen molar-refractivity contribution in [2.45, 2.75) is 26.7 Å². The zero-order valence-electron chi connectivity index (χ0n) is 15.1. The smallest absolute Gasteiger partial charge is 0.247 e. The number of rotatable bonds is 6. The van der Waals surface area contributed by atoms with Crippen LogP contribution in [0.15, 0.2) is 46.9 Å². The number of aromatic nitrogens is 2. The Morgan fingerprint density at radius 3 is 2.77 bits per heavy atom. The number of methoxy groups -OCH3 is 1. The Balaban J connectivity index is 1.61. The van der Waals surface area contributed by atoms with Gasteiger partial charge in [-0.25, -0.2) is 0 Å². The predicted octanol–water partition coefficient (Wildman–Crippen LogP) is 3.93. The zero-order chi connectivity index (χ0) is 18.5. The van der Waals surface area contributed by atoms with Gasteiger partial charge in [-0.2, -0.15) is 0 Å². The van der Waals surface area contributed by atoms with Crippen molar-refractivity contribution >= 4 is 11.6 Å². The van der Waals surface area contributed by atoms with E-state index in [1.807, 2.05) is 56.3 Å². The largest absolute Gasteiger partial charge is 0.497 e. The van der Waals surface area contributed by atoms with Gasteiger partial charge in [0, 0.05) is 24.1 Å². The van der Waals surface area contributed by atoms with Gasteiger partial charge >= 0.3 is 0 Å². The first-order valence-electron chi connectivity index (χ1n) is 8.39. The van der Waals surface area contributed by atoms with Crippen molar-refractivity contribution in [2.75, 3.05) is 12.4 Å². The Kier molecular flexibility index (Phi) is 5.31. The fraction of sp³-hybridized carbons (Fsp3) is 0.250. The van der Waals surface area contributed by atoms with Crippen LogP contribution < -0.4 is 10.1 Å². The molecule has 1 heterocycles. The maximum absolute atomic E-state index is 12.2. The van der Waals surface area contributed by atoms with E-state index in [0.29, 0.717) is 18.2 Å². The van der Waals surface area contributed by atoms with Gasteiger partial charge < -0.3 is 14.5 Å². The van der Waals surface area contributed by atoms with Crippen molar-refractivity contribution in [1.82, 2.24) is 10.2 Å². The SMILES string of the molecule is COc1cccc(-c2nnc(CCC(=O)Nc3cccc(C)c3C)o2)c1. The fourth-order valence-electron chi connectivity index (χ4n) is 2.55. The molecule has 1 aromatic heterocycles. The van der Waals surface area contributed by atoms with Crippen molar-refractivity contribution in [1.29, 1.82) is 0 Å². The number of hydrogen-bond acceptors (Lipinski definition) is 5. The Morgan fingerprint density at radius 2 is 1.96 bits per heavy atom. The molecule has 1 amide bonds. The van der Waals surface area contributed by atoms with Crippen LogP contribution in [0.3, 0.4) is 0 Å². The molecule has 1 N–H and O–H groups in total. The van der Waals surface area contributed by atoms with E-state index in [2.05, 4.69) is 15.5 Å². The number of benzene rings is 2.